The van der Waals surface area contributed by atoms with Crippen LogP contribution in [0, 0.1) is 5.82 Å². The minimum Gasteiger partial charge on any atom is -0.490 e. The molecule has 1 aliphatic rings. The van der Waals surface area contributed by atoms with Gasteiger partial charge in [0.15, 0.2) is 23.3 Å². The topological polar surface area (TPSA) is 136 Å². The number of fused-ring (bicyclic) bond motifs is 1. The number of carbonyl (C=O) groups excluding carboxylic acids is 2. The summed E-state index contributed by atoms with van der Waals surface area (Å²) in [6, 6.07) is 11.3. The minimum atomic E-state index is -0.629. The molecule has 1 aliphatic heterocycles. The fourth-order valence-electron chi connectivity index (χ4n) is 3.74. The van der Waals surface area contributed by atoms with Crippen molar-refractivity contribution in [3.63, 3.8) is 0 Å². The molecule has 2 heterocycles. The second-order valence-electron chi connectivity index (χ2n) is 7.71. The Labute approximate surface area is 204 Å². The number of nitrogens with zero attached hydrogens (tertiary/aromatic N) is 1. The number of nitrogens with two attached hydrogens (primary N) is 1. The monoisotopic (exact) mass is 498 g/mol. The summed E-state index contributed by atoms with van der Waals surface area (Å²) in [6.07, 6.45) is 0.0343. The van der Waals surface area contributed by atoms with Crippen LogP contribution in [0.5, 0.6) is 11.5 Å². The summed E-state index contributed by atoms with van der Waals surface area (Å²) in [6.45, 7) is 1.82. The van der Waals surface area contributed by atoms with Crippen molar-refractivity contribution >= 4 is 29.4 Å². The maximum Gasteiger partial charge on any atom is 0.257 e. The smallest absolute Gasteiger partial charge is 0.257 e. The van der Waals surface area contributed by atoms with Crippen molar-refractivity contribution in [1.29, 1.82) is 0 Å². The molecule has 0 aliphatic carbocycles. The van der Waals surface area contributed by atoms with Crippen molar-refractivity contribution in [2.24, 2.45) is 5.73 Å². The highest BCUT2D eigenvalue weighted by Gasteiger charge is 2.31. The van der Waals surface area contributed by atoms with Gasteiger partial charge in [-0.3, -0.25) is 14.4 Å². The molecule has 2 amide bonds. The van der Waals surface area contributed by atoms with E-state index in [9.17, 15) is 18.8 Å². The molecule has 11 heteroatoms. The van der Waals surface area contributed by atoms with E-state index in [1.54, 1.807) is 43.3 Å². The number of hydrogen-bond donors (Lipinski definition) is 3. The summed E-state index contributed by atoms with van der Waals surface area (Å²) >= 11 is 1.16. The number of nitrogens with one attached hydrogen (secondary N) is 2. The van der Waals surface area contributed by atoms with Crippen LogP contribution in [-0.2, 0) is 15.3 Å². The van der Waals surface area contributed by atoms with Crippen molar-refractivity contribution < 1.29 is 23.5 Å². The van der Waals surface area contributed by atoms with Gasteiger partial charge in [-0.05, 0) is 36.2 Å². The molecule has 0 saturated heterocycles. The molecule has 9 nitrogen and oxygen atoms in total. The van der Waals surface area contributed by atoms with E-state index >= 15 is 0 Å². The number of rotatable bonds is 9. The molecule has 3 aromatic rings. The summed E-state index contributed by atoms with van der Waals surface area (Å²) < 4.78 is 25.0. The predicted molar refractivity (Wildman–Crippen MR) is 128 cm³/mol. The van der Waals surface area contributed by atoms with Crippen LogP contribution in [0.1, 0.15) is 36.0 Å². The van der Waals surface area contributed by atoms with Gasteiger partial charge in [0.25, 0.3) is 11.5 Å². The highest BCUT2D eigenvalue weighted by Crippen LogP contribution is 2.38. The molecular formula is C24H23FN4O5S. The number of H-pyrrole nitrogens is 1. The third-order valence-corrected chi connectivity index (χ3v) is 6.21. The first-order valence-electron chi connectivity index (χ1n) is 10.8. The lowest BCUT2D eigenvalue weighted by Crippen LogP contribution is -2.31. The van der Waals surface area contributed by atoms with Gasteiger partial charge < -0.3 is 25.5 Å². The minimum absolute atomic E-state index is 0.0343. The highest BCUT2D eigenvalue weighted by atomic mass is 32.2. The molecule has 1 atom stereocenters. The quantitative estimate of drug-likeness (QED) is 0.305. The number of ether oxygens (including phenoxy) is 2. The van der Waals surface area contributed by atoms with Crippen molar-refractivity contribution in [1.82, 2.24) is 9.97 Å². The van der Waals surface area contributed by atoms with Crippen LogP contribution in [-0.4, -0.2) is 35.0 Å². The zero-order valence-corrected chi connectivity index (χ0v) is 19.6. The van der Waals surface area contributed by atoms with E-state index in [1.807, 2.05) is 0 Å². The Balaban J connectivity index is 1.64. The normalized spacial score (nSPS) is 14.7. The van der Waals surface area contributed by atoms with E-state index in [0.29, 0.717) is 34.8 Å². The molecule has 0 unspecified atom stereocenters. The molecule has 4 N–H and O–H groups in total. The molecule has 0 radical (unpaired) electrons. The lowest BCUT2D eigenvalue weighted by atomic mass is 9.86. The number of benzene rings is 2. The van der Waals surface area contributed by atoms with Crippen molar-refractivity contribution in [2.45, 2.75) is 30.2 Å². The molecule has 2 aromatic carbocycles. The van der Waals surface area contributed by atoms with Gasteiger partial charge >= 0.3 is 0 Å². The van der Waals surface area contributed by atoms with E-state index in [1.165, 1.54) is 6.07 Å². The van der Waals surface area contributed by atoms with E-state index < -0.39 is 17.4 Å². The Morgan fingerprint density at radius 3 is 2.74 bits per heavy atom. The molecule has 35 heavy (non-hydrogen) atoms. The van der Waals surface area contributed by atoms with Crippen molar-refractivity contribution in [3.05, 3.63) is 75.3 Å². The average Bonchev–Trinajstić information content (AvgIpc) is 2.82. The molecule has 0 saturated carbocycles. The third kappa shape index (κ3) is 5.62. The van der Waals surface area contributed by atoms with Gasteiger partial charge in [0, 0.05) is 18.1 Å². The number of thioether (sulfide) groups is 1. The molecule has 1 aromatic heterocycles. The number of aromatic amines is 1. The van der Waals surface area contributed by atoms with Gasteiger partial charge in [-0.25, -0.2) is 9.37 Å². The molecule has 4 rings (SSSR count). The Hall–Kier alpha value is -3.86. The number of amides is 2. The lowest BCUT2D eigenvalue weighted by molar-refractivity contribution is -0.120. The fourth-order valence-corrected chi connectivity index (χ4v) is 4.59. The molecule has 0 spiro atoms. The van der Waals surface area contributed by atoms with Crippen LogP contribution in [0.25, 0.3) is 0 Å². The zero-order valence-electron chi connectivity index (χ0n) is 18.8. The van der Waals surface area contributed by atoms with Crippen molar-refractivity contribution in [3.8, 4) is 11.5 Å². The number of hydrogen-bond acceptors (Lipinski definition) is 7. The van der Waals surface area contributed by atoms with Crippen LogP contribution in [0.3, 0.4) is 0 Å². The van der Waals surface area contributed by atoms with E-state index in [4.69, 9.17) is 15.2 Å². The first kappa shape index (κ1) is 24.3. The van der Waals surface area contributed by atoms with Crippen molar-refractivity contribution in [2.75, 3.05) is 18.5 Å². The maximum absolute atomic E-state index is 13.9. The predicted octanol–water partition coefficient (Wildman–Crippen LogP) is 2.94. The number of halogens is 1. The Bertz CT molecular complexity index is 1330. The summed E-state index contributed by atoms with van der Waals surface area (Å²) in [4.78, 5) is 43.8. The average molecular weight is 499 g/mol. The lowest BCUT2D eigenvalue weighted by Gasteiger charge is -2.25. The summed E-state index contributed by atoms with van der Waals surface area (Å²) in [5, 5.41) is 2.94. The zero-order chi connectivity index (χ0) is 24.9. The SMILES string of the molecule is CCOc1cc([C@@H]2CC(=O)Nc3nc(SCc4ccccc4F)[nH]c(=O)c32)ccc1OCC(N)=O. The summed E-state index contributed by atoms with van der Waals surface area (Å²) in [5.74, 6) is -0.739. The first-order chi connectivity index (χ1) is 16.9. The Kier molecular flexibility index (Phi) is 7.35. The van der Waals surface area contributed by atoms with Gasteiger partial charge in [0.2, 0.25) is 5.91 Å². The summed E-state index contributed by atoms with van der Waals surface area (Å²) in [5.41, 5.74) is 6.19. The standard InChI is InChI=1S/C24H23FN4O5S/c1-2-33-18-9-13(7-8-17(18)34-11-19(26)30)15-10-20(31)27-22-21(15)23(32)29-24(28-22)35-12-14-5-3-4-6-16(14)25/h3-9,15H,2,10-12H2,1H3,(H2,26,30)(H2,27,28,29,31,32)/t15-/m0/s1. The van der Waals surface area contributed by atoms with Crippen LogP contribution in [0.4, 0.5) is 10.2 Å². The van der Waals surface area contributed by atoms with Crippen LogP contribution in [0.2, 0.25) is 0 Å². The van der Waals surface area contributed by atoms with E-state index in [0.717, 1.165) is 11.8 Å². The van der Waals surface area contributed by atoms with Crippen LogP contribution >= 0.6 is 11.8 Å². The summed E-state index contributed by atoms with van der Waals surface area (Å²) in [7, 11) is 0. The fraction of sp³-hybridized carbons (Fsp3) is 0.250. The molecule has 182 valence electrons. The first-order valence-corrected chi connectivity index (χ1v) is 11.8. The second kappa shape index (κ2) is 10.6. The largest absolute Gasteiger partial charge is 0.490 e. The molecule has 0 fully saturated rings. The number of aromatic nitrogens is 2. The van der Waals surface area contributed by atoms with Crippen LogP contribution in [0.15, 0.2) is 52.4 Å². The number of carbonyl (C=O) groups is 2. The highest BCUT2D eigenvalue weighted by molar-refractivity contribution is 7.98. The van der Waals surface area contributed by atoms with Gasteiger partial charge in [-0.15, -0.1) is 0 Å². The Morgan fingerprint density at radius 2 is 2.00 bits per heavy atom. The van der Waals surface area contributed by atoms with Gasteiger partial charge in [0.1, 0.15) is 11.6 Å². The molecular weight excluding hydrogens is 475 g/mol. The van der Waals surface area contributed by atoms with Gasteiger partial charge in [-0.1, -0.05) is 36.0 Å². The van der Waals surface area contributed by atoms with E-state index in [2.05, 4.69) is 15.3 Å². The second-order valence-corrected chi connectivity index (χ2v) is 8.68. The maximum atomic E-state index is 13.9. The van der Waals surface area contributed by atoms with Crippen LogP contribution < -0.4 is 26.1 Å². The Morgan fingerprint density at radius 1 is 1.20 bits per heavy atom. The number of anilines is 1. The van der Waals surface area contributed by atoms with E-state index in [-0.39, 0.29) is 41.5 Å². The van der Waals surface area contributed by atoms with Gasteiger partial charge in [-0.2, -0.15) is 0 Å². The molecule has 0 bridgehead atoms. The number of primary amides is 1. The third-order valence-electron chi connectivity index (χ3n) is 5.29. The van der Waals surface area contributed by atoms with Gasteiger partial charge in [0.05, 0.1) is 12.2 Å².